The van der Waals surface area contributed by atoms with Crippen LogP contribution >= 0.6 is 0 Å². The number of halogens is 1. The van der Waals surface area contributed by atoms with E-state index in [-0.39, 0.29) is 36.0 Å². The van der Waals surface area contributed by atoms with Crippen molar-refractivity contribution in [3.05, 3.63) is 108 Å². The van der Waals surface area contributed by atoms with E-state index >= 15 is 4.39 Å². The topological polar surface area (TPSA) is 146 Å². The average molecular weight is 666 g/mol. The Morgan fingerprint density at radius 2 is 1.63 bits per heavy atom. The van der Waals surface area contributed by atoms with Gasteiger partial charge in [-0.05, 0) is 88.7 Å². The predicted octanol–water partition coefficient (Wildman–Crippen LogP) is 7.16. The Hall–Kier alpha value is -5.91. The minimum absolute atomic E-state index is 0.0183. The fourth-order valence-corrected chi connectivity index (χ4v) is 4.78. The second kappa shape index (κ2) is 14.9. The summed E-state index contributed by atoms with van der Waals surface area (Å²) >= 11 is 0. The number of ether oxygens (including phenoxy) is 2. The molecule has 2 N–H and O–H groups in total. The lowest BCUT2D eigenvalue weighted by Gasteiger charge is -2.19. The maximum absolute atomic E-state index is 15.4. The summed E-state index contributed by atoms with van der Waals surface area (Å²) in [5, 5.41) is 9.27. The van der Waals surface area contributed by atoms with E-state index in [4.69, 9.17) is 14.0 Å². The van der Waals surface area contributed by atoms with Crippen molar-refractivity contribution < 1.29 is 32.8 Å². The molecule has 1 atom stereocenters. The molecular weight excluding hydrogens is 629 g/mol. The fraction of sp³-hybridized carbons (Fsp3) is 0.243. The van der Waals surface area contributed by atoms with Gasteiger partial charge < -0.3 is 19.3 Å². The Bertz CT molecular complexity index is 1950. The van der Waals surface area contributed by atoms with E-state index in [0.717, 1.165) is 11.1 Å². The van der Waals surface area contributed by atoms with Gasteiger partial charge in [0, 0.05) is 23.2 Å². The van der Waals surface area contributed by atoms with E-state index in [1.54, 1.807) is 76.2 Å². The first-order valence-corrected chi connectivity index (χ1v) is 15.6. The van der Waals surface area contributed by atoms with Gasteiger partial charge in [0.2, 0.25) is 5.82 Å². The summed E-state index contributed by atoms with van der Waals surface area (Å²) in [6.45, 7) is 9.05. The van der Waals surface area contributed by atoms with Crippen LogP contribution in [0.4, 0.5) is 14.9 Å². The molecule has 0 bridgehead atoms. The number of nitrogens with one attached hydrogen (secondary N) is 2. The Morgan fingerprint density at radius 3 is 2.31 bits per heavy atom. The van der Waals surface area contributed by atoms with E-state index in [0.29, 0.717) is 22.5 Å². The molecule has 2 amide bonds. The molecule has 49 heavy (non-hydrogen) atoms. The third kappa shape index (κ3) is 9.13. The SMILES string of the molecule is CCOC(=O)C(Cc1ccc(-c2noc(-c3ccc(NC(=O)OC(C)(C)C)cc3)n2)c(F)c1)NC(=O)c1cccc(-c2ccc(C)cc2)n1. The van der Waals surface area contributed by atoms with Crippen molar-refractivity contribution in [2.45, 2.75) is 52.7 Å². The molecule has 0 aliphatic carbocycles. The quantitative estimate of drug-likeness (QED) is 0.148. The van der Waals surface area contributed by atoms with Gasteiger partial charge in [0.05, 0.1) is 17.9 Å². The van der Waals surface area contributed by atoms with Gasteiger partial charge in [0.15, 0.2) is 0 Å². The Labute approximate surface area is 282 Å². The van der Waals surface area contributed by atoms with Crippen LogP contribution in [0, 0.1) is 12.7 Å². The zero-order valence-corrected chi connectivity index (χ0v) is 27.7. The van der Waals surface area contributed by atoms with E-state index in [9.17, 15) is 14.4 Å². The van der Waals surface area contributed by atoms with Gasteiger partial charge in [-0.15, -0.1) is 0 Å². The number of aryl methyl sites for hydroxylation is 1. The molecule has 5 aromatic rings. The monoisotopic (exact) mass is 665 g/mol. The van der Waals surface area contributed by atoms with Crippen molar-refractivity contribution in [1.82, 2.24) is 20.4 Å². The number of aromatic nitrogens is 3. The molecule has 0 saturated carbocycles. The number of nitrogens with zero attached hydrogens (tertiary/aromatic N) is 3. The van der Waals surface area contributed by atoms with Crippen LogP contribution < -0.4 is 10.6 Å². The molecule has 0 saturated heterocycles. The normalized spacial score (nSPS) is 11.8. The van der Waals surface area contributed by atoms with Crippen LogP contribution in [0.1, 0.15) is 49.3 Å². The van der Waals surface area contributed by atoms with Gasteiger partial charge in [0.1, 0.15) is 23.2 Å². The Kier molecular flexibility index (Phi) is 10.5. The first kappa shape index (κ1) is 34.4. The molecule has 0 aliphatic heterocycles. The Morgan fingerprint density at radius 1 is 0.918 bits per heavy atom. The zero-order chi connectivity index (χ0) is 35.1. The Balaban J connectivity index is 1.27. The summed E-state index contributed by atoms with van der Waals surface area (Å²) in [4.78, 5) is 46.9. The standard InChI is InChI=1S/C37H36FN5O6/c1-6-47-35(45)31(41-33(44)30-9-7-8-29(40-30)24-13-10-22(2)11-14-24)21-23-12-19-27(28(38)20-23)32-42-34(49-43-32)25-15-17-26(18-16-25)39-36(46)48-37(3,4)5/h7-20,31H,6,21H2,1-5H3,(H,39,46)(H,41,44). The van der Waals surface area contributed by atoms with Gasteiger partial charge in [-0.1, -0.05) is 47.1 Å². The summed E-state index contributed by atoms with van der Waals surface area (Å²) in [5.74, 6) is -1.72. The lowest BCUT2D eigenvalue weighted by atomic mass is 10.0. The number of anilines is 1. The molecule has 12 heteroatoms. The van der Waals surface area contributed by atoms with Crippen LogP contribution in [0.3, 0.4) is 0 Å². The molecule has 2 heterocycles. The van der Waals surface area contributed by atoms with Crippen LogP contribution in [0.15, 0.2) is 89.5 Å². The van der Waals surface area contributed by atoms with Crippen LogP contribution in [0.25, 0.3) is 34.1 Å². The molecule has 2 aromatic heterocycles. The fourth-order valence-electron chi connectivity index (χ4n) is 4.78. The average Bonchev–Trinajstić information content (AvgIpc) is 3.54. The molecule has 1 unspecified atom stereocenters. The summed E-state index contributed by atoms with van der Waals surface area (Å²) in [7, 11) is 0. The highest BCUT2D eigenvalue weighted by atomic mass is 19.1. The van der Waals surface area contributed by atoms with Crippen LogP contribution in [0.2, 0.25) is 0 Å². The molecule has 5 rings (SSSR count). The summed E-state index contributed by atoms with van der Waals surface area (Å²) in [6, 6.07) is 22.7. The van der Waals surface area contributed by atoms with E-state index in [2.05, 4.69) is 25.8 Å². The third-order valence-corrected chi connectivity index (χ3v) is 7.12. The van der Waals surface area contributed by atoms with E-state index in [1.807, 2.05) is 31.2 Å². The van der Waals surface area contributed by atoms with Crippen molar-refractivity contribution in [1.29, 1.82) is 0 Å². The number of carbonyl (C=O) groups is 3. The largest absolute Gasteiger partial charge is 0.464 e. The number of hydrogen-bond donors (Lipinski definition) is 2. The summed E-state index contributed by atoms with van der Waals surface area (Å²) < 4.78 is 31.2. The lowest BCUT2D eigenvalue weighted by molar-refractivity contribution is -0.145. The van der Waals surface area contributed by atoms with Gasteiger partial charge in [-0.25, -0.2) is 19.0 Å². The molecule has 3 aromatic carbocycles. The van der Waals surface area contributed by atoms with Crippen LogP contribution in [-0.4, -0.2) is 51.3 Å². The molecule has 0 radical (unpaired) electrons. The number of pyridine rings is 1. The highest BCUT2D eigenvalue weighted by Crippen LogP contribution is 2.26. The number of carbonyl (C=O) groups excluding carboxylic acids is 3. The number of hydrogen-bond acceptors (Lipinski definition) is 9. The number of benzene rings is 3. The maximum atomic E-state index is 15.4. The number of esters is 1. The second-order valence-corrected chi connectivity index (χ2v) is 12.2. The van der Waals surface area contributed by atoms with Gasteiger partial charge in [-0.3, -0.25) is 10.1 Å². The van der Waals surface area contributed by atoms with Crippen molar-refractivity contribution in [3.63, 3.8) is 0 Å². The first-order valence-electron chi connectivity index (χ1n) is 15.6. The maximum Gasteiger partial charge on any atom is 0.412 e. The van der Waals surface area contributed by atoms with Crippen molar-refractivity contribution >= 4 is 23.7 Å². The van der Waals surface area contributed by atoms with Crippen molar-refractivity contribution in [2.75, 3.05) is 11.9 Å². The van der Waals surface area contributed by atoms with E-state index in [1.165, 1.54) is 12.1 Å². The number of amides is 2. The van der Waals surface area contributed by atoms with Gasteiger partial charge in [-0.2, -0.15) is 4.98 Å². The predicted molar refractivity (Wildman–Crippen MR) is 181 cm³/mol. The molecule has 11 nitrogen and oxygen atoms in total. The van der Waals surface area contributed by atoms with Crippen molar-refractivity contribution in [2.24, 2.45) is 0 Å². The molecular formula is C37H36FN5O6. The summed E-state index contributed by atoms with van der Waals surface area (Å²) in [5.41, 5.74) is 3.60. The van der Waals surface area contributed by atoms with Gasteiger partial charge in [0.25, 0.3) is 11.8 Å². The second-order valence-electron chi connectivity index (χ2n) is 12.2. The lowest BCUT2D eigenvalue weighted by Crippen LogP contribution is -2.43. The molecule has 0 aliphatic rings. The third-order valence-electron chi connectivity index (χ3n) is 7.12. The molecule has 0 fully saturated rings. The highest BCUT2D eigenvalue weighted by molar-refractivity contribution is 5.95. The van der Waals surface area contributed by atoms with Crippen molar-refractivity contribution in [3.8, 4) is 34.1 Å². The minimum Gasteiger partial charge on any atom is -0.464 e. The minimum atomic E-state index is -1.10. The first-order chi connectivity index (χ1) is 23.4. The highest BCUT2D eigenvalue weighted by Gasteiger charge is 2.25. The summed E-state index contributed by atoms with van der Waals surface area (Å²) in [6.07, 6.45) is -0.628. The van der Waals surface area contributed by atoms with Crippen LogP contribution in [0.5, 0.6) is 0 Å². The molecule has 0 spiro atoms. The smallest absolute Gasteiger partial charge is 0.412 e. The van der Waals surface area contributed by atoms with Crippen LogP contribution in [-0.2, 0) is 20.7 Å². The molecule has 252 valence electrons. The van der Waals surface area contributed by atoms with E-state index < -0.39 is 35.4 Å². The zero-order valence-electron chi connectivity index (χ0n) is 27.7. The van der Waals surface area contributed by atoms with Gasteiger partial charge >= 0.3 is 12.1 Å². The number of rotatable bonds is 10.